The SMILES string of the molecule is CO/C=C1/c2ccccc2CCC1C[N+](C)(C)[O-]. The van der Waals surface area contributed by atoms with Crippen molar-refractivity contribution in [1.29, 1.82) is 0 Å². The fourth-order valence-electron chi connectivity index (χ4n) is 2.73. The van der Waals surface area contributed by atoms with Crippen LogP contribution in [-0.2, 0) is 11.2 Å². The molecule has 1 atom stereocenters. The van der Waals surface area contributed by atoms with Crippen molar-refractivity contribution >= 4 is 5.57 Å². The van der Waals surface area contributed by atoms with Crippen LogP contribution in [0, 0.1) is 11.1 Å². The fourth-order valence-corrected chi connectivity index (χ4v) is 2.73. The van der Waals surface area contributed by atoms with E-state index < -0.39 is 0 Å². The lowest BCUT2D eigenvalue weighted by Crippen LogP contribution is -2.38. The molecule has 18 heavy (non-hydrogen) atoms. The highest BCUT2D eigenvalue weighted by Crippen LogP contribution is 2.36. The zero-order valence-corrected chi connectivity index (χ0v) is 11.3. The lowest BCUT2D eigenvalue weighted by molar-refractivity contribution is -0.842. The highest BCUT2D eigenvalue weighted by atomic mass is 16.5. The van der Waals surface area contributed by atoms with Crippen LogP contribution in [0.2, 0.25) is 0 Å². The smallest absolute Gasteiger partial charge is 0.0867 e. The van der Waals surface area contributed by atoms with Crippen molar-refractivity contribution in [3.8, 4) is 0 Å². The third-order valence-corrected chi connectivity index (χ3v) is 3.44. The Morgan fingerprint density at radius 3 is 2.78 bits per heavy atom. The van der Waals surface area contributed by atoms with E-state index in [-0.39, 0.29) is 10.6 Å². The summed E-state index contributed by atoms with van der Waals surface area (Å²) in [6.45, 7) is 0.601. The molecule has 0 heterocycles. The Bertz CT molecular complexity index is 446. The van der Waals surface area contributed by atoms with Crippen molar-refractivity contribution in [3.63, 3.8) is 0 Å². The molecule has 1 aliphatic carbocycles. The Kier molecular flexibility index (Phi) is 3.73. The number of hydroxylamine groups is 3. The zero-order chi connectivity index (χ0) is 13.2. The molecule has 1 unspecified atom stereocenters. The van der Waals surface area contributed by atoms with E-state index in [1.807, 2.05) is 6.07 Å². The van der Waals surface area contributed by atoms with Crippen molar-refractivity contribution in [2.75, 3.05) is 27.7 Å². The minimum Gasteiger partial charge on any atom is -0.633 e. The number of aryl methyl sites for hydroxylation is 1. The van der Waals surface area contributed by atoms with Gasteiger partial charge in [0.1, 0.15) is 0 Å². The average Bonchev–Trinajstić information content (AvgIpc) is 2.31. The highest BCUT2D eigenvalue weighted by molar-refractivity contribution is 5.71. The maximum Gasteiger partial charge on any atom is 0.0867 e. The van der Waals surface area contributed by atoms with Crippen LogP contribution >= 0.6 is 0 Å². The van der Waals surface area contributed by atoms with Crippen molar-refractivity contribution in [3.05, 3.63) is 46.9 Å². The standard InChI is InChI=1S/C15H21NO2/c1-16(2,17)10-13-9-8-12-6-4-5-7-14(12)15(13)11-18-3/h4-7,11,13H,8-10H2,1-3H3/b15-11+. The monoisotopic (exact) mass is 247 g/mol. The van der Waals surface area contributed by atoms with Crippen LogP contribution in [0.15, 0.2) is 30.5 Å². The molecule has 1 aliphatic rings. The molecule has 0 aliphatic heterocycles. The average molecular weight is 247 g/mol. The molecule has 0 spiro atoms. The number of ether oxygens (including phenoxy) is 1. The van der Waals surface area contributed by atoms with Gasteiger partial charge in [-0.25, -0.2) is 0 Å². The van der Waals surface area contributed by atoms with Crippen LogP contribution in [0.1, 0.15) is 17.5 Å². The van der Waals surface area contributed by atoms with E-state index in [0.717, 1.165) is 12.8 Å². The maximum atomic E-state index is 11.9. The Hall–Kier alpha value is -1.32. The van der Waals surface area contributed by atoms with Gasteiger partial charge < -0.3 is 14.6 Å². The molecule has 0 bridgehead atoms. The van der Waals surface area contributed by atoms with Crippen molar-refractivity contribution in [2.45, 2.75) is 12.8 Å². The number of rotatable bonds is 3. The number of nitrogens with zero attached hydrogens (tertiary/aromatic N) is 1. The van der Waals surface area contributed by atoms with Gasteiger partial charge in [-0.2, -0.15) is 0 Å². The summed E-state index contributed by atoms with van der Waals surface area (Å²) in [5.41, 5.74) is 3.76. The normalized spacial score (nSPS) is 21.8. The Labute approximate surface area is 109 Å². The summed E-state index contributed by atoms with van der Waals surface area (Å²) in [4.78, 5) is 0. The fraction of sp³-hybridized carbons (Fsp3) is 0.467. The molecule has 0 N–H and O–H groups in total. The van der Waals surface area contributed by atoms with Crippen LogP contribution in [0.25, 0.3) is 5.57 Å². The van der Waals surface area contributed by atoms with E-state index in [0.29, 0.717) is 6.54 Å². The van der Waals surface area contributed by atoms with E-state index in [4.69, 9.17) is 4.74 Å². The minimum atomic E-state index is -0.256. The van der Waals surface area contributed by atoms with Crippen molar-refractivity contribution in [2.24, 2.45) is 5.92 Å². The van der Waals surface area contributed by atoms with E-state index in [1.165, 1.54) is 16.7 Å². The van der Waals surface area contributed by atoms with Crippen molar-refractivity contribution < 1.29 is 9.38 Å². The zero-order valence-electron chi connectivity index (χ0n) is 11.3. The molecule has 0 saturated carbocycles. The summed E-state index contributed by atoms with van der Waals surface area (Å²) in [7, 11) is 5.06. The molecule has 1 aromatic carbocycles. The number of quaternary nitrogens is 1. The number of fused-ring (bicyclic) bond motifs is 1. The molecule has 98 valence electrons. The molecule has 0 amide bonds. The quantitative estimate of drug-likeness (QED) is 0.467. The van der Waals surface area contributed by atoms with Gasteiger partial charge in [0, 0.05) is 11.5 Å². The summed E-state index contributed by atoms with van der Waals surface area (Å²) in [6.07, 6.45) is 3.87. The van der Waals surface area contributed by atoms with Crippen LogP contribution in [0.3, 0.4) is 0 Å². The van der Waals surface area contributed by atoms with Gasteiger partial charge in [0.15, 0.2) is 0 Å². The Morgan fingerprint density at radius 2 is 2.11 bits per heavy atom. The maximum absolute atomic E-state index is 11.9. The molecule has 1 aromatic rings. The van der Waals surface area contributed by atoms with E-state index in [1.54, 1.807) is 27.5 Å². The first kappa shape index (κ1) is 13.1. The van der Waals surface area contributed by atoms with E-state index in [2.05, 4.69) is 18.2 Å². The number of hydrogen-bond donors (Lipinski definition) is 0. The highest BCUT2D eigenvalue weighted by Gasteiger charge is 2.27. The molecule has 0 radical (unpaired) electrons. The minimum absolute atomic E-state index is 0.256. The van der Waals surface area contributed by atoms with Gasteiger partial charge >= 0.3 is 0 Å². The topological polar surface area (TPSA) is 32.3 Å². The third kappa shape index (κ3) is 2.92. The second-order valence-electron chi connectivity index (χ2n) is 5.46. The van der Waals surface area contributed by atoms with E-state index in [9.17, 15) is 5.21 Å². The van der Waals surface area contributed by atoms with Crippen molar-refractivity contribution in [1.82, 2.24) is 0 Å². The molecule has 0 saturated heterocycles. The van der Waals surface area contributed by atoms with Gasteiger partial charge in [-0.15, -0.1) is 0 Å². The molecule has 2 rings (SSSR count). The summed E-state index contributed by atoms with van der Waals surface area (Å²) < 4.78 is 4.96. The van der Waals surface area contributed by atoms with Crippen LogP contribution in [0.4, 0.5) is 0 Å². The molecule has 3 heteroatoms. The lowest BCUT2D eigenvalue weighted by Gasteiger charge is -2.39. The van der Waals surface area contributed by atoms with Gasteiger partial charge in [0.25, 0.3) is 0 Å². The van der Waals surface area contributed by atoms with E-state index >= 15 is 0 Å². The summed E-state index contributed by atoms with van der Waals surface area (Å²) in [5, 5.41) is 11.9. The van der Waals surface area contributed by atoms with Crippen LogP contribution < -0.4 is 0 Å². The first-order valence-corrected chi connectivity index (χ1v) is 6.36. The Morgan fingerprint density at radius 1 is 1.39 bits per heavy atom. The third-order valence-electron chi connectivity index (χ3n) is 3.44. The van der Waals surface area contributed by atoms with Gasteiger partial charge in [-0.1, -0.05) is 24.3 Å². The van der Waals surface area contributed by atoms with Gasteiger partial charge in [-0.05, 0) is 24.0 Å². The second kappa shape index (κ2) is 5.12. The largest absolute Gasteiger partial charge is 0.633 e. The van der Waals surface area contributed by atoms with Crippen LogP contribution in [-0.4, -0.2) is 32.4 Å². The summed E-state index contributed by atoms with van der Waals surface area (Å²) in [6, 6.07) is 8.39. The van der Waals surface area contributed by atoms with Crippen LogP contribution in [0.5, 0.6) is 0 Å². The number of methoxy groups -OCH3 is 1. The Balaban J connectivity index is 2.33. The molecular formula is C15H21NO2. The molecule has 3 nitrogen and oxygen atoms in total. The number of hydrogen-bond acceptors (Lipinski definition) is 2. The van der Waals surface area contributed by atoms with Gasteiger partial charge in [0.2, 0.25) is 0 Å². The van der Waals surface area contributed by atoms with Gasteiger partial charge in [0.05, 0.1) is 34.0 Å². The molecule has 0 aromatic heterocycles. The second-order valence-corrected chi connectivity index (χ2v) is 5.46. The van der Waals surface area contributed by atoms with Gasteiger partial charge in [-0.3, -0.25) is 0 Å². The first-order valence-electron chi connectivity index (χ1n) is 6.36. The molecule has 0 fully saturated rings. The first-order chi connectivity index (χ1) is 8.51. The molecular weight excluding hydrogens is 226 g/mol. The summed E-state index contributed by atoms with van der Waals surface area (Å²) >= 11 is 0. The predicted octanol–water partition coefficient (Wildman–Crippen LogP) is 2.81. The predicted molar refractivity (Wildman–Crippen MR) is 73.6 cm³/mol. The summed E-state index contributed by atoms with van der Waals surface area (Å²) in [5.74, 6) is 0.285. The lowest BCUT2D eigenvalue weighted by atomic mass is 9.80. The number of benzene rings is 1.